The van der Waals surface area contributed by atoms with Gasteiger partial charge in [0.05, 0.1) is 0 Å². The van der Waals surface area contributed by atoms with Crippen LogP contribution in [0.4, 0.5) is 0 Å². The van der Waals surface area contributed by atoms with Gasteiger partial charge in [0, 0.05) is 18.5 Å². The smallest absolute Gasteiger partial charge is 0.222 e. The van der Waals surface area contributed by atoms with E-state index in [9.17, 15) is 4.79 Å². The largest absolute Gasteiger partial charge is 0.337 e. The summed E-state index contributed by atoms with van der Waals surface area (Å²) in [6.45, 7) is 4.29. The van der Waals surface area contributed by atoms with E-state index in [1.165, 1.54) is 44.9 Å². The number of hydrogen-bond donors (Lipinski definition) is 0. The monoisotopic (exact) mass is 223 g/mol. The lowest BCUT2D eigenvalue weighted by Gasteiger charge is -2.37. The molecular formula is C14H25NO. The fraction of sp³-hybridized carbons (Fsp3) is 0.929. The van der Waals surface area contributed by atoms with Gasteiger partial charge in [-0.1, -0.05) is 20.3 Å². The molecular weight excluding hydrogens is 198 g/mol. The summed E-state index contributed by atoms with van der Waals surface area (Å²) in [7, 11) is 0. The molecule has 0 aromatic rings. The molecule has 0 radical (unpaired) electrons. The maximum absolute atomic E-state index is 12.0. The Labute approximate surface area is 99.4 Å². The van der Waals surface area contributed by atoms with Crippen molar-refractivity contribution in [2.24, 2.45) is 5.92 Å². The molecule has 2 fully saturated rings. The molecule has 0 unspecified atom stereocenters. The molecule has 2 aliphatic rings. The molecule has 0 heterocycles. The van der Waals surface area contributed by atoms with Crippen LogP contribution < -0.4 is 0 Å². The predicted molar refractivity (Wildman–Crippen MR) is 66.2 cm³/mol. The first-order chi connectivity index (χ1) is 7.76. The highest BCUT2D eigenvalue weighted by Crippen LogP contribution is 2.36. The van der Waals surface area contributed by atoms with Crippen molar-refractivity contribution >= 4 is 5.91 Å². The van der Waals surface area contributed by atoms with E-state index in [0.717, 1.165) is 5.92 Å². The molecule has 1 amide bonds. The molecule has 2 rings (SSSR count). The first-order valence-corrected chi connectivity index (χ1v) is 7.07. The highest BCUT2D eigenvalue weighted by atomic mass is 16.2. The molecule has 92 valence electrons. The zero-order chi connectivity index (χ0) is 11.5. The molecule has 0 spiro atoms. The van der Waals surface area contributed by atoms with E-state index in [0.29, 0.717) is 24.4 Å². The molecule has 2 nitrogen and oxygen atoms in total. The van der Waals surface area contributed by atoms with Gasteiger partial charge in [-0.25, -0.2) is 0 Å². The van der Waals surface area contributed by atoms with Crippen LogP contribution in [0.5, 0.6) is 0 Å². The van der Waals surface area contributed by atoms with Gasteiger partial charge in [0.15, 0.2) is 0 Å². The maximum atomic E-state index is 12.0. The molecule has 0 N–H and O–H groups in total. The molecule has 0 aromatic carbocycles. The van der Waals surface area contributed by atoms with Crippen LogP contribution in [0, 0.1) is 5.92 Å². The second-order valence-corrected chi connectivity index (χ2v) is 5.47. The molecule has 2 aliphatic carbocycles. The number of nitrogens with zero attached hydrogens (tertiary/aromatic N) is 1. The van der Waals surface area contributed by atoms with Crippen LogP contribution >= 0.6 is 0 Å². The summed E-state index contributed by atoms with van der Waals surface area (Å²) >= 11 is 0. The Morgan fingerprint density at radius 2 is 1.50 bits per heavy atom. The van der Waals surface area contributed by atoms with Crippen LogP contribution in [0.15, 0.2) is 0 Å². The lowest BCUT2D eigenvalue weighted by molar-refractivity contribution is -0.134. The number of rotatable bonds is 4. The van der Waals surface area contributed by atoms with Gasteiger partial charge in [0.25, 0.3) is 0 Å². The fourth-order valence-corrected chi connectivity index (χ4v) is 3.07. The zero-order valence-corrected chi connectivity index (χ0v) is 10.7. The van der Waals surface area contributed by atoms with E-state index >= 15 is 0 Å². The molecule has 0 aromatic heterocycles. The normalized spacial score (nSPS) is 30.1. The Hall–Kier alpha value is -0.530. The van der Waals surface area contributed by atoms with E-state index < -0.39 is 0 Å². The van der Waals surface area contributed by atoms with E-state index in [4.69, 9.17) is 0 Å². The SMILES string of the molecule is CCC(=O)N(C1CCC(CC)CC1)C1CC1. The van der Waals surface area contributed by atoms with Gasteiger partial charge in [-0.2, -0.15) is 0 Å². The van der Waals surface area contributed by atoms with Crippen molar-refractivity contribution < 1.29 is 4.79 Å². The van der Waals surface area contributed by atoms with Crippen LogP contribution in [0.2, 0.25) is 0 Å². The summed E-state index contributed by atoms with van der Waals surface area (Å²) in [4.78, 5) is 14.2. The van der Waals surface area contributed by atoms with Gasteiger partial charge in [-0.3, -0.25) is 4.79 Å². The van der Waals surface area contributed by atoms with E-state index in [1.807, 2.05) is 6.92 Å². The van der Waals surface area contributed by atoms with Crippen LogP contribution in [0.1, 0.15) is 65.2 Å². The standard InChI is InChI=1S/C14H25NO/c1-3-11-5-7-12(8-6-11)15(13-9-10-13)14(16)4-2/h11-13H,3-10H2,1-2H3. The minimum atomic E-state index is 0.391. The van der Waals surface area contributed by atoms with Crippen LogP contribution in [0.3, 0.4) is 0 Å². The van der Waals surface area contributed by atoms with Gasteiger partial charge in [-0.15, -0.1) is 0 Å². The van der Waals surface area contributed by atoms with Gasteiger partial charge in [-0.05, 0) is 44.4 Å². The van der Waals surface area contributed by atoms with Crippen molar-refractivity contribution in [2.45, 2.75) is 77.3 Å². The van der Waals surface area contributed by atoms with Gasteiger partial charge in [0.1, 0.15) is 0 Å². The molecule has 0 aliphatic heterocycles. The summed E-state index contributed by atoms with van der Waals surface area (Å²) in [5.74, 6) is 1.32. The average Bonchev–Trinajstić information content (AvgIpc) is 3.14. The summed E-state index contributed by atoms with van der Waals surface area (Å²) in [5, 5.41) is 0. The number of hydrogen-bond acceptors (Lipinski definition) is 1. The first kappa shape index (κ1) is 11.9. The summed E-state index contributed by atoms with van der Waals surface area (Å²) in [5.41, 5.74) is 0. The molecule has 2 heteroatoms. The Bertz CT molecular complexity index is 239. The average molecular weight is 223 g/mol. The van der Waals surface area contributed by atoms with Crippen molar-refractivity contribution in [2.75, 3.05) is 0 Å². The molecule has 0 saturated heterocycles. The Morgan fingerprint density at radius 3 is 1.88 bits per heavy atom. The van der Waals surface area contributed by atoms with Crippen LogP contribution in [-0.4, -0.2) is 22.9 Å². The van der Waals surface area contributed by atoms with Crippen molar-refractivity contribution in [1.29, 1.82) is 0 Å². The topological polar surface area (TPSA) is 20.3 Å². The minimum Gasteiger partial charge on any atom is -0.337 e. The second-order valence-electron chi connectivity index (χ2n) is 5.47. The zero-order valence-electron chi connectivity index (χ0n) is 10.7. The molecule has 16 heavy (non-hydrogen) atoms. The molecule has 2 saturated carbocycles. The summed E-state index contributed by atoms with van der Waals surface area (Å²) in [6, 6.07) is 1.18. The lowest BCUT2D eigenvalue weighted by Crippen LogP contribution is -2.43. The second kappa shape index (κ2) is 5.20. The van der Waals surface area contributed by atoms with Gasteiger partial charge in [0.2, 0.25) is 5.91 Å². The van der Waals surface area contributed by atoms with Crippen LogP contribution in [-0.2, 0) is 4.79 Å². The quantitative estimate of drug-likeness (QED) is 0.715. The van der Waals surface area contributed by atoms with E-state index in [-0.39, 0.29) is 0 Å². The van der Waals surface area contributed by atoms with Crippen LogP contribution in [0.25, 0.3) is 0 Å². The fourth-order valence-electron chi connectivity index (χ4n) is 3.07. The molecule has 0 bridgehead atoms. The third-order valence-electron chi connectivity index (χ3n) is 4.32. The maximum Gasteiger partial charge on any atom is 0.222 e. The van der Waals surface area contributed by atoms with Crippen molar-refractivity contribution in [3.63, 3.8) is 0 Å². The lowest BCUT2D eigenvalue weighted by atomic mass is 9.84. The minimum absolute atomic E-state index is 0.391. The van der Waals surface area contributed by atoms with Gasteiger partial charge < -0.3 is 4.90 Å². The number of amides is 1. The molecule has 0 atom stereocenters. The highest BCUT2D eigenvalue weighted by molar-refractivity contribution is 5.76. The predicted octanol–water partition coefficient (Wildman–Crippen LogP) is 3.36. The Morgan fingerprint density at radius 1 is 1.00 bits per heavy atom. The van der Waals surface area contributed by atoms with E-state index in [2.05, 4.69) is 11.8 Å². The number of carbonyl (C=O) groups excluding carboxylic acids is 1. The number of carbonyl (C=O) groups is 1. The van der Waals surface area contributed by atoms with Crippen molar-refractivity contribution in [3.05, 3.63) is 0 Å². The Kier molecular flexibility index (Phi) is 3.88. The Balaban J connectivity index is 1.91. The first-order valence-electron chi connectivity index (χ1n) is 7.07. The third-order valence-corrected chi connectivity index (χ3v) is 4.32. The van der Waals surface area contributed by atoms with Gasteiger partial charge >= 0.3 is 0 Å². The summed E-state index contributed by atoms with van der Waals surface area (Å²) < 4.78 is 0. The van der Waals surface area contributed by atoms with Crippen molar-refractivity contribution in [3.8, 4) is 0 Å². The summed E-state index contributed by atoms with van der Waals surface area (Å²) in [6.07, 6.45) is 9.67. The van der Waals surface area contributed by atoms with Crippen molar-refractivity contribution in [1.82, 2.24) is 4.90 Å². The highest BCUT2D eigenvalue weighted by Gasteiger charge is 2.37. The third kappa shape index (κ3) is 2.58. The van der Waals surface area contributed by atoms with E-state index in [1.54, 1.807) is 0 Å².